The van der Waals surface area contributed by atoms with Crippen molar-refractivity contribution in [2.75, 3.05) is 63.8 Å². The van der Waals surface area contributed by atoms with Gasteiger partial charge in [-0.2, -0.15) is 0 Å². The fraction of sp³-hybridized carbons (Fsp3) is 0.682. The zero-order valence-electron chi connectivity index (χ0n) is 17.4. The summed E-state index contributed by atoms with van der Waals surface area (Å²) in [5.74, 6) is -0.130. The van der Waals surface area contributed by atoms with Gasteiger partial charge in [-0.15, -0.1) is 0 Å². The minimum absolute atomic E-state index is 0.0610. The quantitative estimate of drug-likeness (QED) is 0.822. The van der Waals surface area contributed by atoms with Crippen molar-refractivity contribution in [3.63, 3.8) is 0 Å². The van der Waals surface area contributed by atoms with Gasteiger partial charge in [-0.25, -0.2) is 4.39 Å². The van der Waals surface area contributed by atoms with Crippen LogP contribution in [-0.4, -0.2) is 96.3 Å². The maximum atomic E-state index is 13.1. The van der Waals surface area contributed by atoms with E-state index < -0.39 is 5.60 Å². The molecule has 3 saturated heterocycles. The number of halogens is 1. The maximum absolute atomic E-state index is 13.1. The van der Waals surface area contributed by atoms with Crippen LogP contribution in [0.15, 0.2) is 24.3 Å². The number of carbonyl (C=O) groups is 1. The first-order valence-corrected chi connectivity index (χ1v) is 10.9. The Labute approximate surface area is 172 Å². The minimum Gasteiger partial charge on any atom is -0.387 e. The van der Waals surface area contributed by atoms with Gasteiger partial charge in [-0.1, -0.05) is 0 Å². The largest absolute Gasteiger partial charge is 0.387 e. The zero-order chi connectivity index (χ0) is 20.4. The van der Waals surface area contributed by atoms with E-state index in [1.807, 2.05) is 12.1 Å². The Morgan fingerprint density at radius 3 is 2.45 bits per heavy atom. The number of hydrogen-bond acceptors (Lipinski definition) is 5. The third-order valence-corrected chi connectivity index (χ3v) is 6.73. The van der Waals surface area contributed by atoms with Crippen molar-refractivity contribution in [1.29, 1.82) is 0 Å². The van der Waals surface area contributed by atoms with Crippen LogP contribution in [0.4, 0.5) is 10.1 Å². The van der Waals surface area contributed by atoms with E-state index in [1.54, 1.807) is 11.8 Å². The number of carbonyl (C=O) groups excluding carboxylic acids is 1. The Kier molecular flexibility index (Phi) is 6.08. The Morgan fingerprint density at radius 2 is 1.79 bits per heavy atom. The van der Waals surface area contributed by atoms with Crippen molar-refractivity contribution in [3.05, 3.63) is 30.1 Å². The number of piperazine rings is 1. The summed E-state index contributed by atoms with van der Waals surface area (Å²) >= 11 is 0. The predicted octanol–water partition coefficient (Wildman–Crippen LogP) is 1.40. The molecule has 29 heavy (non-hydrogen) atoms. The number of rotatable bonds is 4. The summed E-state index contributed by atoms with van der Waals surface area (Å²) in [5.41, 5.74) is 0.306. The Bertz CT molecular complexity index is 701. The van der Waals surface area contributed by atoms with Crippen molar-refractivity contribution >= 4 is 11.6 Å². The van der Waals surface area contributed by atoms with E-state index in [-0.39, 0.29) is 11.7 Å². The molecule has 0 spiro atoms. The second-order valence-corrected chi connectivity index (χ2v) is 8.97. The average Bonchev–Trinajstić information content (AvgIpc) is 2.87. The van der Waals surface area contributed by atoms with E-state index in [4.69, 9.17) is 0 Å². The molecular weight excluding hydrogens is 371 g/mol. The Balaban J connectivity index is 1.23. The first-order valence-electron chi connectivity index (χ1n) is 10.9. The van der Waals surface area contributed by atoms with Crippen molar-refractivity contribution in [3.8, 4) is 0 Å². The number of hydrogen-bond donors (Lipinski definition) is 1. The molecule has 7 heteroatoms. The summed E-state index contributed by atoms with van der Waals surface area (Å²) in [6, 6.07) is 7.30. The van der Waals surface area contributed by atoms with Crippen LogP contribution in [0, 0.1) is 5.82 Å². The van der Waals surface area contributed by atoms with Gasteiger partial charge < -0.3 is 14.9 Å². The van der Waals surface area contributed by atoms with E-state index in [0.717, 1.165) is 70.8 Å². The van der Waals surface area contributed by atoms with Crippen LogP contribution < -0.4 is 4.90 Å². The van der Waals surface area contributed by atoms with Crippen molar-refractivity contribution in [2.24, 2.45) is 0 Å². The molecule has 1 aromatic carbocycles. The van der Waals surface area contributed by atoms with Crippen molar-refractivity contribution in [1.82, 2.24) is 14.7 Å². The average molecular weight is 405 g/mol. The molecule has 0 bridgehead atoms. The molecule has 0 aromatic heterocycles. The van der Waals surface area contributed by atoms with Crippen LogP contribution in [-0.2, 0) is 4.79 Å². The summed E-state index contributed by atoms with van der Waals surface area (Å²) < 4.78 is 13.1. The summed E-state index contributed by atoms with van der Waals surface area (Å²) in [6.45, 7) is 9.38. The molecule has 3 heterocycles. The van der Waals surface area contributed by atoms with E-state index in [1.165, 1.54) is 12.1 Å². The highest BCUT2D eigenvalue weighted by molar-refractivity contribution is 5.73. The van der Waals surface area contributed by atoms with Gasteiger partial charge in [0.25, 0.3) is 0 Å². The smallest absolute Gasteiger partial charge is 0.219 e. The third-order valence-electron chi connectivity index (χ3n) is 6.73. The molecule has 1 unspecified atom stereocenters. The van der Waals surface area contributed by atoms with Crippen molar-refractivity contribution < 1.29 is 14.3 Å². The lowest BCUT2D eigenvalue weighted by Gasteiger charge is -2.50. The van der Waals surface area contributed by atoms with Crippen molar-refractivity contribution in [2.45, 2.75) is 37.8 Å². The molecule has 0 aliphatic carbocycles. The Hall–Kier alpha value is -1.70. The van der Waals surface area contributed by atoms with Crippen LogP contribution in [0.3, 0.4) is 0 Å². The molecule has 6 nitrogen and oxygen atoms in total. The molecule has 3 aliphatic rings. The highest BCUT2D eigenvalue weighted by Gasteiger charge is 2.40. The van der Waals surface area contributed by atoms with E-state index in [9.17, 15) is 14.3 Å². The second-order valence-electron chi connectivity index (χ2n) is 8.97. The number of nitrogens with zero attached hydrogens (tertiary/aromatic N) is 4. The van der Waals surface area contributed by atoms with Gasteiger partial charge in [0.05, 0.1) is 12.1 Å². The summed E-state index contributed by atoms with van der Waals surface area (Å²) in [6.07, 6.45) is 2.72. The van der Waals surface area contributed by atoms with Crippen LogP contribution in [0.5, 0.6) is 0 Å². The number of β-amino-alcohol motifs (C(OH)–C–C–N with tert-alkyl or cyclic N) is 1. The first-order chi connectivity index (χ1) is 13.9. The standard InChI is InChI=1S/C22H33FN4O2/c1-18(28)27-9-3-2-8-22(29,17-27)16-24-14-21(15-24)26-12-10-25(11-13-26)20-6-4-19(23)5-7-20/h4-7,21,29H,2-3,8-17H2,1H3. The number of likely N-dealkylation sites (tertiary alicyclic amines) is 2. The number of anilines is 1. The minimum atomic E-state index is -0.783. The monoisotopic (exact) mass is 404 g/mol. The molecule has 0 radical (unpaired) electrons. The van der Waals surface area contributed by atoms with Gasteiger partial charge in [0.15, 0.2) is 0 Å². The summed E-state index contributed by atoms with van der Waals surface area (Å²) in [4.78, 5) is 20.8. The van der Waals surface area contributed by atoms with Gasteiger partial charge >= 0.3 is 0 Å². The summed E-state index contributed by atoms with van der Waals surface area (Å²) in [5, 5.41) is 11.1. The lowest BCUT2D eigenvalue weighted by Crippen LogP contribution is -2.65. The highest BCUT2D eigenvalue weighted by Crippen LogP contribution is 2.26. The maximum Gasteiger partial charge on any atom is 0.219 e. The second kappa shape index (κ2) is 8.58. The van der Waals surface area contributed by atoms with Gasteiger partial charge in [0.2, 0.25) is 5.91 Å². The first kappa shape index (κ1) is 20.6. The molecule has 3 aliphatic heterocycles. The summed E-state index contributed by atoms with van der Waals surface area (Å²) in [7, 11) is 0. The van der Waals surface area contributed by atoms with Gasteiger partial charge in [0, 0.05) is 71.0 Å². The zero-order valence-corrected chi connectivity index (χ0v) is 17.4. The van der Waals surface area contributed by atoms with Crippen LogP contribution in [0.2, 0.25) is 0 Å². The SMILES string of the molecule is CC(=O)N1CCCCC(O)(CN2CC(N3CCN(c4ccc(F)cc4)CC3)C2)C1. The van der Waals surface area contributed by atoms with Crippen LogP contribution in [0.25, 0.3) is 0 Å². The Morgan fingerprint density at radius 1 is 1.10 bits per heavy atom. The normalized spacial score (nSPS) is 27.6. The van der Waals surface area contributed by atoms with E-state index in [0.29, 0.717) is 19.1 Å². The van der Waals surface area contributed by atoms with E-state index in [2.05, 4.69) is 14.7 Å². The fourth-order valence-corrected chi connectivity index (χ4v) is 4.98. The molecule has 0 saturated carbocycles. The van der Waals surface area contributed by atoms with Crippen LogP contribution >= 0.6 is 0 Å². The molecule has 1 amide bonds. The predicted molar refractivity (Wildman–Crippen MR) is 111 cm³/mol. The molecule has 160 valence electrons. The lowest BCUT2D eigenvalue weighted by molar-refractivity contribution is -0.133. The van der Waals surface area contributed by atoms with Gasteiger partial charge in [-0.05, 0) is 43.5 Å². The molecule has 1 atom stereocenters. The number of benzene rings is 1. The van der Waals surface area contributed by atoms with Gasteiger partial charge in [-0.3, -0.25) is 14.6 Å². The number of amides is 1. The molecule has 3 fully saturated rings. The third kappa shape index (κ3) is 4.90. The fourth-order valence-electron chi connectivity index (χ4n) is 4.98. The molecule has 1 aromatic rings. The van der Waals surface area contributed by atoms with Crippen LogP contribution in [0.1, 0.15) is 26.2 Å². The molecule has 1 N–H and O–H groups in total. The van der Waals surface area contributed by atoms with Gasteiger partial charge in [0.1, 0.15) is 5.82 Å². The molecule has 4 rings (SSSR count). The van der Waals surface area contributed by atoms with E-state index >= 15 is 0 Å². The number of aliphatic hydroxyl groups is 1. The lowest BCUT2D eigenvalue weighted by atomic mass is 9.94. The topological polar surface area (TPSA) is 50.3 Å². The highest BCUT2D eigenvalue weighted by atomic mass is 19.1. The molecular formula is C22H33FN4O2.